The topological polar surface area (TPSA) is 44.5 Å². The van der Waals surface area contributed by atoms with Crippen LogP contribution in [0.1, 0.15) is 19.3 Å². The molecule has 4 heteroatoms. The van der Waals surface area contributed by atoms with E-state index in [1.54, 1.807) is 0 Å². The molecule has 1 aliphatic heterocycles. The van der Waals surface area contributed by atoms with Gasteiger partial charge in [-0.3, -0.25) is 0 Å². The van der Waals surface area contributed by atoms with Gasteiger partial charge in [-0.15, -0.1) is 0 Å². The van der Waals surface area contributed by atoms with E-state index in [0.717, 1.165) is 6.54 Å². The summed E-state index contributed by atoms with van der Waals surface area (Å²) in [7, 11) is 2.21. The summed E-state index contributed by atoms with van der Waals surface area (Å²) >= 11 is 0. The SMILES string of the molecule is CN1CCN(CCCNC2CC(N)C2)CC1. The van der Waals surface area contributed by atoms with Gasteiger partial charge in [0.05, 0.1) is 0 Å². The number of nitrogens with one attached hydrogen (secondary N) is 1. The second-order valence-corrected chi connectivity index (χ2v) is 5.38. The van der Waals surface area contributed by atoms with Gasteiger partial charge in [0.2, 0.25) is 0 Å². The highest BCUT2D eigenvalue weighted by Gasteiger charge is 2.24. The van der Waals surface area contributed by atoms with Crippen molar-refractivity contribution in [2.24, 2.45) is 5.73 Å². The summed E-state index contributed by atoms with van der Waals surface area (Å²) in [6.45, 7) is 7.34. The van der Waals surface area contributed by atoms with Crippen LogP contribution in [-0.4, -0.2) is 68.2 Å². The lowest BCUT2D eigenvalue weighted by atomic mass is 9.88. The third-order valence-corrected chi connectivity index (χ3v) is 3.85. The molecule has 0 spiro atoms. The Bertz CT molecular complexity index is 195. The average molecular weight is 226 g/mol. The van der Waals surface area contributed by atoms with Crippen LogP contribution in [0.2, 0.25) is 0 Å². The molecule has 3 N–H and O–H groups in total. The number of nitrogens with two attached hydrogens (primary N) is 1. The minimum atomic E-state index is 0.468. The zero-order valence-electron chi connectivity index (χ0n) is 10.5. The summed E-state index contributed by atoms with van der Waals surface area (Å²) in [6, 6.07) is 1.18. The molecule has 0 unspecified atom stereocenters. The van der Waals surface area contributed by atoms with Gasteiger partial charge in [0.15, 0.2) is 0 Å². The Morgan fingerprint density at radius 2 is 1.88 bits per heavy atom. The molecule has 0 aromatic heterocycles. The fraction of sp³-hybridized carbons (Fsp3) is 1.00. The maximum absolute atomic E-state index is 5.75. The van der Waals surface area contributed by atoms with Crippen molar-refractivity contribution in [1.82, 2.24) is 15.1 Å². The predicted octanol–water partition coefficient (Wildman–Crippen LogP) is -0.297. The van der Waals surface area contributed by atoms with Crippen LogP contribution in [0.15, 0.2) is 0 Å². The lowest BCUT2D eigenvalue weighted by Gasteiger charge is -2.34. The smallest absolute Gasteiger partial charge is 0.0110 e. The fourth-order valence-corrected chi connectivity index (χ4v) is 2.51. The molecule has 0 radical (unpaired) electrons. The fourth-order valence-electron chi connectivity index (χ4n) is 2.51. The van der Waals surface area contributed by atoms with Crippen LogP contribution in [0.3, 0.4) is 0 Å². The molecule has 1 saturated carbocycles. The third-order valence-electron chi connectivity index (χ3n) is 3.85. The summed E-state index contributed by atoms with van der Waals surface area (Å²) in [6.07, 6.45) is 3.62. The normalized spacial score (nSPS) is 32.6. The molecule has 16 heavy (non-hydrogen) atoms. The van der Waals surface area contributed by atoms with Gasteiger partial charge in [-0.2, -0.15) is 0 Å². The molecular weight excluding hydrogens is 200 g/mol. The van der Waals surface area contributed by atoms with Gasteiger partial charge in [0, 0.05) is 38.3 Å². The van der Waals surface area contributed by atoms with E-state index in [-0.39, 0.29) is 0 Å². The Hall–Kier alpha value is -0.160. The number of rotatable bonds is 5. The largest absolute Gasteiger partial charge is 0.328 e. The van der Waals surface area contributed by atoms with E-state index in [1.807, 2.05) is 0 Å². The molecule has 2 aliphatic rings. The van der Waals surface area contributed by atoms with Crippen LogP contribution >= 0.6 is 0 Å². The van der Waals surface area contributed by atoms with Crippen molar-refractivity contribution < 1.29 is 0 Å². The quantitative estimate of drug-likeness (QED) is 0.632. The van der Waals surface area contributed by atoms with Gasteiger partial charge in [0.25, 0.3) is 0 Å². The van der Waals surface area contributed by atoms with Crippen molar-refractivity contribution in [2.45, 2.75) is 31.3 Å². The highest BCUT2D eigenvalue weighted by Crippen LogP contribution is 2.16. The molecule has 0 atom stereocenters. The van der Waals surface area contributed by atoms with E-state index in [2.05, 4.69) is 22.2 Å². The van der Waals surface area contributed by atoms with Crippen LogP contribution < -0.4 is 11.1 Å². The summed E-state index contributed by atoms with van der Waals surface area (Å²) in [5.74, 6) is 0. The highest BCUT2D eigenvalue weighted by molar-refractivity contribution is 4.87. The minimum absolute atomic E-state index is 0.468. The molecule has 4 nitrogen and oxygen atoms in total. The second-order valence-electron chi connectivity index (χ2n) is 5.38. The lowest BCUT2D eigenvalue weighted by Crippen LogP contribution is -2.49. The van der Waals surface area contributed by atoms with Crippen molar-refractivity contribution >= 4 is 0 Å². The van der Waals surface area contributed by atoms with Gasteiger partial charge >= 0.3 is 0 Å². The molecule has 0 bridgehead atoms. The number of likely N-dealkylation sites (N-methyl/N-ethyl adjacent to an activating group) is 1. The van der Waals surface area contributed by atoms with E-state index in [1.165, 1.54) is 52.0 Å². The third kappa shape index (κ3) is 3.70. The van der Waals surface area contributed by atoms with E-state index in [0.29, 0.717) is 12.1 Å². The number of hydrogen-bond acceptors (Lipinski definition) is 4. The van der Waals surface area contributed by atoms with Gasteiger partial charge in [-0.1, -0.05) is 0 Å². The Kier molecular flexibility index (Phi) is 4.58. The van der Waals surface area contributed by atoms with Gasteiger partial charge in [-0.25, -0.2) is 0 Å². The lowest BCUT2D eigenvalue weighted by molar-refractivity contribution is 0.151. The van der Waals surface area contributed by atoms with Crippen LogP contribution in [0, 0.1) is 0 Å². The maximum Gasteiger partial charge on any atom is 0.0110 e. The highest BCUT2D eigenvalue weighted by atomic mass is 15.2. The first-order chi connectivity index (χ1) is 7.74. The summed E-state index contributed by atoms with van der Waals surface area (Å²) in [5, 5.41) is 3.58. The van der Waals surface area contributed by atoms with Crippen molar-refractivity contribution in [3.05, 3.63) is 0 Å². The van der Waals surface area contributed by atoms with Crippen molar-refractivity contribution in [3.8, 4) is 0 Å². The van der Waals surface area contributed by atoms with E-state index in [9.17, 15) is 0 Å². The molecule has 94 valence electrons. The molecule has 2 rings (SSSR count). The van der Waals surface area contributed by atoms with Crippen LogP contribution in [0.5, 0.6) is 0 Å². The molecule has 1 heterocycles. The number of hydrogen-bond donors (Lipinski definition) is 2. The van der Waals surface area contributed by atoms with Crippen LogP contribution in [0.25, 0.3) is 0 Å². The molecule has 0 amide bonds. The van der Waals surface area contributed by atoms with E-state index >= 15 is 0 Å². The Morgan fingerprint density at radius 3 is 2.50 bits per heavy atom. The molecular formula is C12H26N4. The predicted molar refractivity (Wildman–Crippen MR) is 67.6 cm³/mol. The Balaban J connectivity index is 1.45. The Morgan fingerprint density at radius 1 is 1.19 bits per heavy atom. The monoisotopic (exact) mass is 226 g/mol. The standard InChI is InChI=1S/C12H26N4/c1-15-5-7-16(8-6-15)4-2-3-14-12-9-11(13)10-12/h11-12,14H,2-10,13H2,1H3. The van der Waals surface area contributed by atoms with Crippen LogP contribution in [-0.2, 0) is 0 Å². The van der Waals surface area contributed by atoms with Crippen LogP contribution in [0.4, 0.5) is 0 Å². The molecule has 1 aliphatic carbocycles. The van der Waals surface area contributed by atoms with Crippen molar-refractivity contribution in [2.75, 3.05) is 46.3 Å². The number of nitrogens with zero attached hydrogens (tertiary/aromatic N) is 2. The van der Waals surface area contributed by atoms with E-state index < -0.39 is 0 Å². The zero-order valence-corrected chi connectivity index (χ0v) is 10.5. The van der Waals surface area contributed by atoms with Gasteiger partial charge < -0.3 is 20.9 Å². The zero-order chi connectivity index (χ0) is 11.4. The number of piperazine rings is 1. The van der Waals surface area contributed by atoms with Crippen molar-refractivity contribution in [1.29, 1.82) is 0 Å². The maximum atomic E-state index is 5.75. The summed E-state index contributed by atoms with van der Waals surface area (Å²) < 4.78 is 0. The van der Waals surface area contributed by atoms with Gasteiger partial charge in [0.1, 0.15) is 0 Å². The molecule has 0 aromatic rings. The minimum Gasteiger partial charge on any atom is -0.328 e. The first-order valence-electron chi connectivity index (χ1n) is 6.64. The summed E-state index contributed by atoms with van der Waals surface area (Å²) in [4.78, 5) is 4.98. The molecule has 2 fully saturated rings. The first kappa shape index (κ1) is 12.3. The van der Waals surface area contributed by atoms with E-state index in [4.69, 9.17) is 5.73 Å². The molecule has 0 aromatic carbocycles. The van der Waals surface area contributed by atoms with Gasteiger partial charge in [-0.05, 0) is 39.4 Å². The molecule has 1 saturated heterocycles. The Labute approximate surface area is 99.2 Å². The summed E-state index contributed by atoms with van der Waals surface area (Å²) in [5.41, 5.74) is 5.75. The van der Waals surface area contributed by atoms with Crippen molar-refractivity contribution in [3.63, 3.8) is 0 Å². The second kappa shape index (κ2) is 5.96. The average Bonchev–Trinajstić information content (AvgIpc) is 2.24. The first-order valence-corrected chi connectivity index (χ1v) is 6.64.